The molecule has 3 fully saturated rings. The molecule has 0 amide bonds. The number of likely N-dealkylation sites (tertiary alicyclic amines) is 2. The quantitative estimate of drug-likeness (QED) is 0.861. The number of nitrogens with two attached hydrogens (primary N) is 1. The maximum atomic E-state index is 5.98. The van der Waals surface area contributed by atoms with Crippen LogP contribution in [0.25, 0.3) is 0 Å². The van der Waals surface area contributed by atoms with Gasteiger partial charge in [-0.15, -0.1) is 0 Å². The molecule has 0 unspecified atom stereocenters. The SMILES string of the molecule is NC1CCN(CCN2CCC3(CCCCC3)CC2)CC1. The molecule has 1 aliphatic carbocycles. The molecule has 0 atom stereocenters. The number of rotatable bonds is 3. The summed E-state index contributed by atoms with van der Waals surface area (Å²) in [6.07, 6.45) is 12.8. The summed E-state index contributed by atoms with van der Waals surface area (Å²) in [5, 5.41) is 0. The summed E-state index contributed by atoms with van der Waals surface area (Å²) < 4.78 is 0. The summed E-state index contributed by atoms with van der Waals surface area (Å²) in [6, 6.07) is 0.465. The Bertz CT molecular complexity index is 281. The van der Waals surface area contributed by atoms with Crippen molar-refractivity contribution in [2.45, 2.75) is 63.8 Å². The fraction of sp³-hybridized carbons (Fsp3) is 1.00. The van der Waals surface area contributed by atoms with Gasteiger partial charge in [-0.25, -0.2) is 0 Å². The van der Waals surface area contributed by atoms with E-state index >= 15 is 0 Å². The van der Waals surface area contributed by atoms with Crippen LogP contribution < -0.4 is 5.73 Å². The first kappa shape index (κ1) is 14.8. The van der Waals surface area contributed by atoms with E-state index in [0.29, 0.717) is 6.04 Å². The largest absolute Gasteiger partial charge is 0.328 e. The molecule has 3 aliphatic rings. The number of hydrogen-bond acceptors (Lipinski definition) is 3. The number of hydrogen-bond donors (Lipinski definition) is 1. The van der Waals surface area contributed by atoms with Crippen molar-refractivity contribution in [2.24, 2.45) is 11.1 Å². The van der Waals surface area contributed by atoms with E-state index in [4.69, 9.17) is 5.73 Å². The lowest BCUT2D eigenvalue weighted by Crippen LogP contribution is -2.46. The van der Waals surface area contributed by atoms with Gasteiger partial charge >= 0.3 is 0 Å². The summed E-state index contributed by atoms with van der Waals surface area (Å²) in [6.45, 7) is 7.70. The molecule has 0 aromatic rings. The van der Waals surface area contributed by atoms with Crippen LogP contribution in [0.5, 0.6) is 0 Å². The van der Waals surface area contributed by atoms with E-state index in [0.717, 1.165) is 5.41 Å². The fourth-order valence-electron chi connectivity index (χ4n) is 4.51. The van der Waals surface area contributed by atoms with Crippen LogP contribution in [0.2, 0.25) is 0 Å². The maximum Gasteiger partial charge on any atom is 0.0109 e. The van der Waals surface area contributed by atoms with Gasteiger partial charge in [0.15, 0.2) is 0 Å². The molecule has 0 aromatic carbocycles. The smallest absolute Gasteiger partial charge is 0.0109 e. The van der Waals surface area contributed by atoms with Crippen molar-refractivity contribution in [1.29, 1.82) is 0 Å². The summed E-state index contributed by atoms with van der Waals surface area (Å²) in [4.78, 5) is 5.34. The van der Waals surface area contributed by atoms with Gasteiger partial charge in [0.25, 0.3) is 0 Å². The Morgan fingerprint density at radius 3 is 1.90 bits per heavy atom. The Hall–Kier alpha value is -0.120. The van der Waals surface area contributed by atoms with Gasteiger partial charge in [0.1, 0.15) is 0 Å². The molecule has 3 rings (SSSR count). The molecule has 0 radical (unpaired) electrons. The molecule has 20 heavy (non-hydrogen) atoms. The third-order valence-electron chi connectivity index (χ3n) is 6.20. The van der Waals surface area contributed by atoms with Crippen LogP contribution >= 0.6 is 0 Å². The molecule has 0 aromatic heterocycles. The lowest BCUT2D eigenvalue weighted by atomic mass is 9.68. The molecule has 1 spiro atoms. The van der Waals surface area contributed by atoms with Gasteiger partial charge in [0.05, 0.1) is 0 Å². The van der Waals surface area contributed by atoms with Crippen molar-refractivity contribution in [3.63, 3.8) is 0 Å². The Balaban J connectivity index is 1.36. The summed E-state index contributed by atoms with van der Waals surface area (Å²) >= 11 is 0. The van der Waals surface area contributed by atoms with E-state index in [1.807, 2.05) is 0 Å². The lowest BCUT2D eigenvalue weighted by molar-refractivity contribution is 0.0602. The normalized spacial score (nSPS) is 29.9. The van der Waals surface area contributed by atoms with E-state index in [2.05, 4.69) is 9.80 Å². The third-order valence-corrected chi connectivity index (χ3v) is 6.20. The summed E-state index contributed by atoms with van der Waals surface area (Å²) in [5.41, 5.74) is 6.73. The van der Waals surface area contributed by atoms with Gasteiger partial charge in [-0.05, 0) is 70.1 Å². The van der Waals surface area contributed by atoms with Crippen molar-refractivity contribution in [3.05, 3.63) is 0 Å². The average Bonchev–Trinajstić information content (AvgIpc) is 2.49. The van der Waals surface area contributed by atoms with Gasteiger partial charge in [-0.2, -0.15) is 0 Å². The zero-order chi connectivity index (χ0) is 13.8. The zero-order valence-electron chi connectivity index (χ0n) is 13.2. The fourth-order valence-corrected chi connectivity index (χ4v) is 4.51. The zero-order valence-corrected chi connectivity index (χ0v) is 13.2. The summed E-state index contributed by atoms with van der Waals surface area (Å²) in [7, 11) is 0. The van der Waals surface area contributed by atoms with E-state index in [1.165, 1.54) is 97.1 Å². The minimum atomic E-state index is 0.465. The summed E-state index contributed by atoms with van der Waals surface area (Å²) in [5.74, 6) is 0. The van der Waals surface area contributed by atoms with Crippen LogP contribution in [-0.2, 0) is 0 Å². The third kappa shape index (κ3) is 3.75. The second kappa shape index (κ2) is 6.76. The standard InChI is InChI=1S/C17H33N3/c18-16-4-10-19(11-5-16)14-15-20-12-8-17(9-13-20)6-2-1-3-7-17/h16H,1-15,18H2. The molecule has 3 heteroatoms. The van der Waals surface area contributed by atoms with Crippen molar-refractivity contribution >= 4 is 0 Å². The number of piperidine rings is 2. The van der Waals surface area contributed by atoms with Crippen molar-refractivity contribution in [3.8, 4) is 0 Å². The monoisotopic (exact) mass is 279 g/mol. The van der Waals surface area contributed by atoms with E-state index < -0.39 is 0 Å². The molecule has 3 nitrogen and oxygen atoms in total. The molecule has 0 bridgehead atoms. The van der Waals surface area contributed by atoms with Gasteiger partial charge in [-0.3, -0.25) is 0 Å². The molecular weight excluding hydrogens is 246 g/mol. The predicted octanol–water partition coefficient (Wildman–Crippen LogP) is 2.46. The van der Waals surface area contributed by atoms with Crippen LogP contribution in [0, 0.1) is 5.41 Å². The van der Waals surface area contributed by atoms with E-state index in [9.17, 15) is 0 Å². The minimum absolute atomic E-state index is 0.465. The van der Waals surface area contributed by atoms with Crippen LogP contribution in [0.4, 0.5) is 0 Å². The van der Waals surface area contributed by atoms with Crippen LogP contribution in [0.3, 0.4) is 0 Å². The van der Waals surface area contributed by atoms with Gasteiger partial charge in [-0.1, -0.05) is 19.3 Å². The first-order chi connectivity index (χ1) is 9.76. The molecule has 116 valence electrons. The van der Waals surface area contributed by atoms with E-state index in [1.54, 1.807) is 0 Å². The molecule has 2 heterocycles. The van der Waals surface area contributed by atoms with Crippen molar-refractivity contribution in [2.75, 3.05) is 39.3 Å². The topological polar surface area (TPSA) is 32.5 Å². The second-order valence-corrected chi connectivity index (χ2v) is 7.58. The lowest BCUT2D eigenvalue weighted by Gasteiger charge is -2.44. The van der Waals surface area contributed by atoms with Crippen LogP contribution in [-0.4, -0.2) is 55.1 Å². The molecule has 2 aliphatic heterocycles. The highest BCUT2D eigenvalue weighted by Crippen LogP contribution is 2.44. The number of nitrogens with zero attached hydrogens (tertiary/aromatic N) is 2. The Morgan fingerprint density at radius 2 is 1.30 bits per heavy atom. The van der Waals surface area contributed by atoms with Crippen LogP contribution in [0.15, 0.2) is 0 Å². The Labute approximate surface area is 124 Å². The Kier molecular flexibility index (Phi) is 5.00. The van der Waals surface area contributed by atoms with Crippen molar-refractivity contribution in [1.82, 2.24) is 9.80 Å². The highest BCUT2D eigenvalue weighted by molar-refractivity contribution is 4.88. The first-order valence-electron chi connectivity index (χ1n) is 8.96. The molecule has 2 saturated heterocycles. The van der Waals surface area contributed by atoms with Crippen LogP contribution in [0.1, 0.15) is 57.8 Å². The maximum absolute atomic E-state index is 5.98. The predicted molar refractivity (Wildman–Crippen MR) is 84.8 cm³/mol. The van der Waals surface area contributed by atoms with E-state index in [-0.39, 0.29) is 0 Å². The van der Waals surface area contributed by atoms with Crippen molar-refractivity contribution < 1.29 is 0 Å². The first-order valence-corrected chi connectivity index (χ1v) is 8.96. The highest BCUT2D eigenvalue weighted by atomic mass is 15.2. The van der Waals surface area contributed by atoms with Gasteiger partial charge in [0, 0.05) is 19.1 Å². The highest BCUT2D eigenvalue weighted by Gasteiger charge is 2.35. The molecular formula is C17H33N3. The molecule has 1 saturated carbocycles. The second-order valence-electron chi connectivity index (χ2n) is 7.58. The minimum Gasteiger partial charge on any atom is -0.328 e. The molecule has 2 N–H and O–H groups in total. The Morgan fingerprint density at radius 1 is 0.750 bits per heavy atom. The van der Waals surface area contributed by atoms with Gasteiger partial charge in [0.2, 0.25) is 0 Å². The average molecular weight is 279 g/mol. The van der Waals surface area contributed by atoms with Gasteiger partial charge < -0.3 is 15.5 Å².